The Labute approximate surface area is 138 Å². The van der Waals surface area contributed by atoms with Gasteiger partial charge >= 0.3 is 0 Å². The summed E-state index contributed by atoms with van der Waals surface area (Å²) < 4.78 is 7.35. The maximum absolute atomic E-state index is 5.44. The van der Waals surface area contributed by atoms with E-state index in [0.717, 1.165) is 22.2 Å². The van der Waals surface area contributed by atoms with E-state index in [1.807, 2.05) is 16.7 Å². The van der Waals surface area contributed by atoms with E-state index in [2.05, 4.69) is 64.2 Å². The zero-order valence-corrected chi connectivity index (χ0v) is 15.2. The summed E-state index contributed by atoms with van der Waals surface area (Å²) >= 11 is 2.31. The second-order valence-corrected chi connectivity index (χ2v) is 6.98. The molecule has 6 heteroatoms. The summed E-state index contributed by atoms with van der Waals surface area (Å²) in [6.07, 6.45) is 2.55. The molecule has 1 aromatic carbocycles. The molecule has 0 aliphatic heterocycles. The Morgan fingerprint density at radius 1 is 1.19 bits per heavy atom. The highest BCUT2D eigenvalue weighted by Crippen LogP contribution is 2.32. The smallest absolute Gasteiger partial charge is 0.224 e. The molecule has 0 saturated heterocycles. The highest BCUT2D eigenvalue weighted by molar-refractivity contribution is 14.2. The van der Waals surface area contributed by atoms with Gasteiger partial charge in [-0.2, -0.15) is 5.10 Å². The summed E-state index contributed by atoms with van der Waals surface area (Å²) in [4.78, 5) is 4.63. The van der Waals surface area contributed by atoms with Crippen molar-refractivity contribution in [1.29, 1.82) is 0 Å². The van der Waals surface area contributed by atoms with Crippen LogP contribution >= 0.6 is 28.4 Å². The van der Waals surface area contributed by atoms with Gasteiger partial charge in [0, 0.05) is 11.8 Å². The number of methoxy groups -OCH3 is 1. The number of hydrogen-bond acceptors (Lipinski definition) is 3. The minimum absolute atomic E-state index is 0.563. The highest BCUT2D eigenvalue weighted by Gasteiger charge is 2.12. The van der Waals surface area contributed by atoms with Crippen LogP contribution in [0.4, 0.5) is 0 Å². The molecule has 4 nitrogen and oxygen atoms in total. The van der Waals surface area contributed by atoms with E-state index >= 15 is 0 Å². The summed E-state index contributed by atoms with van der Waals surface area (Å²) in [6.45, 7) is 4.22. The molecule has 0 fully saturated rings. The maximum atomic E-state index is 5.44. The van der Waals surface area contributed by atoms with E-state index in [4.69, 9.17) is 4.74 Å². The van der Waals surface area contributed by atoms with Crippen molar-refractivity contribution in [3.8, 4) is 17.1 Å². The number of aryl methyl sites for hydroxylation is 2. The number of nitrogens with zero attached hydrogens (tertiary/aromatic N) is 3. The van der Waals surface area contributed by atoms with Gasteiger partial charge in [-0.05, 0) is 59.1 Å². The summed E-state index contributed by atoms with van der Waals surface area (Å²) in [5.41, 5.74) is 5.43. The number of ether oxygens (including phenoxy) is 1. The minimum atomic E-state index is 0.563. The summed E-state index contributed by atoms with van der Waals surface area (Å²) in [5.74, 6) is 0.627. The number of pyridine rings is 1. The molecular formula is C15H15IN3OP. The Bertz CT molecular complexity index is 816. The molecule has 0 aliphatic rings. The van der Waals surface area contributed by atoms with E-state index in [1.165, 1.54) is 11.1 Å². The molecule has 1 unspecified atom stereocenters. The molecule has 3 aromatic rings. The first kappa shape index (κ1) is 14.7. The highest BCUT2D eigenvalue weighted by atomic mass is 127. The topological polar surface area (TPSA) is 39.9 Å². The lowest BCUT2D eigenvalue weighted by Crippen LogP contribution is -1.92. The van der Waals surface area contributed by atoms with Gasteiger partial charge in [0.05, 0.1) is 24.6 Å². The van der Waals surface area contributed by atoms with Gasteiger partial charge in [-0.1, -0.05) is 12.1 Å². The number of aromatic nitrogens is 3. The number of rotatable bonds is 3. The van der Waals surface area contributed by atoms with Crippen molar-refractivity contribution in [2.24, 2.45) is 0 Å². The van der Waals surface area contributed by atoms with Gasteiger partial charge in [0.1, 0.15) is 5.52 Å². The van der Waals surface area contributed by atoms with Crippen molar-refractivity contribution < 1.29 is 4.74 Å². The Morgan fingerprint density at radius 3 is 2.67 bits per heavy atom. The third-order valence-corrected chi connectivity index (χ3v) is 5.44. The molecule has 0 spiro atoms. The van der Waals surface area contributed by atoms with Crippen LogP contribution < -0.4 is 4.74 Å². The molecule has 2 heterocycles. The second kappa shape index (κ2) is 5.89. The van der Waals surface area contributed by atoms with Crippen LogP contribution in [0.3, 0.4) is 0 Å². The summed E-state index contributed by atoms with van der Waals surface area (Å²) in [5, 5.41) is 5.52. The zero-order valence-electron chi connectivity index (χ0n) is 12.0. The molecule has 108 valence electrons. The number of hydrogen-bond donors (Lipinski definition) is 0. The first-order valence-electron chi connectivity index (χ1n) is 6.51. The van der Waals surface area contributed by atoms with Crippen molar-refractivity contribution in [3.63, 3.8) is 0 Å². The lowest BCUT2D eigenvalue weighted by atomic mass is 10.0. The van der Waals surface area contributed by atoms with Gasteiger partial charge in [-0.25, -0.2) is 9.44 Å². The van der Waals surface area contributed by atoms with Gasteiger partial charge in [-0.15, -0.1) is 0 Å². The van der Waals surface area contributed by atoms with Gasteiger partial charge < -0.3 is 4.74 Å². The average molecular weight is 411 g/mol. The second-order valence-electron chi connectivity index (χ2n) is 4.91. The molecule has 0 amide bonds. The number of fused-ring (bicyclic) bond motifs is 1. The third kappa shape index (κ3) is 2.77. The number of halogens is 1. The average Bonchev–Trinajstić information content (AvgIpc) is 2.92. The molecule has 0 bridgehead atoms. The predicted molar refractivity (Wildman–Crippen MR) is 96.7 cm³/mol. The summed E-state index contributed by atoms with van der Waals surface area (Å²) in [6, 6.07) is 8.39. The fourth-order valence-electron chi connectivity index (χ4n) is 2.24. The van der Waals surface area contributed by atoms with Crippen molar-refractivity contribution in [3.05, 3.63) is 41.6 Å². The van der Waals surface area contributed by atoms with Crippen LogP contribution in [0.1, 0.15) is 11.1 Å². The van der Waals surface area contributed by atoms with E-state index < -0.39 is 0 Å². The monoisotopic (exact) mass is 411 g/mol. The fourth-order valence-corrected chi connectivity index (χ4v) is 3.30. The van der Waals surface area contributed by atoms with Gasteiger partial charge in [0.2, 0.25) is 5.88 Å². The predicted octanol–water partition coefficient (Wildman–Crippen LogP) is 4.52. The number of benzene rings is 1. The van der Waals surface area contributed by atoms with Gasteiger partial charge in [0.15, 0.2) is 0 Å². The molecule has 0 aliphatic carbocycles. The van der Waals surface area contributed by atoms with Crippen molar-refractivity contribution in [2.45, 2.75) is 13.8 Å². The van der Waals surface area contributed by atoms with Crippen LogP contribution in [0.25, 0.3) is 22.2 Å². The van der Waals surface area contributed by atoms with Gasteiger partial charge in [-0.3, -0.25) is 0 Å². The zero-order chi connectivity index (χ0) is 15.0. The lowest BCUT2D eigenvalue weighted by Gasteiger charge is -2.07. The van der Waals surface area contributed by atoms with E-state index in [1.54, 1.807) is 7.11 Å². The molecular weight excluding hydrogens is 396 g/mol. The van der Waals surface area contributed by atoms with Crippen molar-refractivity contribution in [2.75, 3.05) is 7.11 Å². The molecule has 2 aromatic heterocycles. The quantitative estimate of drug-likeness (QED) is 0.470. The normalized spacial score (nSPS) is 11.6. The van der Waals surface area contributed by atoms with Crippen molar-refractivity contribution >= 4 is 39.3 Å². The fraction of sp³-hybridized carbons (Fsp3) is 0.200. The molecule has 0 radical (unpaired) electrons. The summed E-state index contributed by atoms with van der Waals surface area (Å²) in [7, 11) is 1.65. The molecule has 0 saturated carbocycles. The SMILES string of the molecule is COc1nc(-c2ccc(C)c(C)c2)cc2nn(PI)cc12. The van der Waals surface area contributed by atoms with E-state index in [9.17, 15) is 0 Å². The van der Waals surface area contributed by atoms with E-state index in [-0.39, 0.29) is 0 Å². The van der Waals surface area contributed by atoms with Crippen LogP contribution in [0.2, 0.25) is 0 Å². The van der Waals surface area contributed by atoms with Crippen molar-refractivity contribution in [1.82, 2.24) is 14.5 Å². The van der Waals surface area contributed by atoms with Crippen LogP contribution in [-0.4, -0.2) is 21.6 Å². The van der Waals surface area contributed by atoms with Gasteiger partial charge in [0.25, 0.3) is 0 Å². The minimum Gasteiger partial charge on any atom is -0.480 e. The van der Waals surface area contributed by atoms with Crippen LogP contribution in [0, 0.1) is 13.8 Å². The molecule has 21 heavy (non-hydrogen) atoms. The Hall–Kier alpha value is -1.20. The van der Waals surface area contributed by atoms with E-state index in [0.29, 0.717) is 12.3 Å². The Kier molecular flexibility index (Phi) is 4.13. The molecule has 0 N–H and O–H groups in total. The van der Waals surface area contributed by atoms with Crippen LogP contribution in [0.5, 0.6) is 5.88 Å². The maximum Gasteiger partial charge on any atom is 0.224 e. The standard InChI is InChI=1S/C15H15IN3OP/c1-9-4-5-11(6-10(9)2)13-7-14-12(15(17-13)20-3)8-19(18-14)21-16/h4-8,21H,1-3H3. The Morgan fingerprint density at radius 2 is 2.00 bits per heavy atom. The largest absolute Gasteiger partial charge is 0.480 e. The van der Waals surface area contributed by atoms with Crippen LogP contribution in [-0.2, 0) is 0 Å². The van der Waals surface area contributed by atoms with Crippen LogP contribution in [0.15, 0.2) is 30.5 Å². The molecule has 1 atom stereocenters. The lowest BCUT2D eigenvalue weighted by molar-refractivity contribution is 0.404. The third-order valence-electron chi connectivity index (χ3n) is 3.55. The Balaban J connectivity index is 2.20. The first-order valence-corrected chi connectivity index (χ1v) is 10.6. The first-order chi connectivity index (χ1) is 10.1. The molecule has 3 rings (SSSR count).